The van der Waals surface area contributed by atoms with Gasteiger partial charge in [-0.3, -0.25) is 4.90 Å². The van der Waals surface area contributed by atoms with E-state index in [2.05, 4.69) is 31.0 Å². The van der Waals surface area contributed by atoms with E-state index >= 15 is 0 Å². The van der Waals surface area contributed by atoms with Crippen LogP contribution in [0.4, 0.5) is 0 Å². The van der Waals surface area contributed by atoms with Crippen LogP contribution < -0.4 is 5.32 Å². The Hall–Kier alpha value is -0.160. The van der Waals surface area contributed by atoms with Gasteiger partial charge in [0.05, 0.1) is 25.9 Å². The van der Waals surface area contributed by atoms with E-state index in [-0.39, 0.29) is 18.1 Å². The average molecular weight is 230 g/mol. The molecule has 0 aromatic carbocycles. The van der Waals surface area contributed by atoms with Gasteiger partial charge in [-0.15, -0.1) is 0 Å². The SMILES string of the molecule is CNC(C)C(C)(C)CN1CCOCC1CO. The topological polar surface area (TPSA) is 44.7 Å². The van der Waals surface area contributed by atoms with Gasteiger partial charge in [0.15, 0.2) is 0 Å². The molecule has 1 aliphatic heterocycles. The lowest BCUT2D eigenvalue weighted by Gasteiger charge is -2.42. The molecule has 0 aliphatic carbocycles. The van der Waals surface area contributed by atoms with E-state index in [1.807, 2.05) is 7.05 Å². The highest BCUT2D eigenvalue weighted by molar-refractivity contribution is 4.86. The van der Waals surface area contributed by atoms with Gasteiger partial charge in [-0.1, -0.05) is 13.8 Å². The van der Waals surface area contributed by atoms with Gasteiger partial charge >= 0.3 is 0 Å². The minimum absolute atomic E-state index is 0.164. The molecule has 1 fully saturated rings. The van der Waals surface area contributed by atoms with Crippen LogP contribution in [0.25, 0.3) is 0 Å². The van der Waals surface area contributed by atoms with E-state index in [0.29, 0.717) is 12.6 Å². The Kier molecular flexibility index (Phi) is 5.18. The fourth-order valence-corrected chi connectivity index (χ4v) is 2.12. The lowest BCUT2D eigenvalue weighted by Crippen LogP contribution is -2.54. The lowest BCUT2D eigenvalue weighted by atomic mass is 9.84. The molecule has 0 aromatic rings. The van der Waals surface area contributed by atoms with Crippen LogP contribution in [0.3, 0.4) is 0 Å². The number of aliphatic hydroxyl groups excluding tert-OH is 1. The molecule has 0 aromatic heterocycles. The maximum atomic E-state index is 9.32. The van der Waals surface area contributed by atoms with Gasteiger partial charge in [-0.2, -0.15) is 0 Å². The van der Waals surface area contributed by atoms with Crippen LogP contribution in [0.1, 0.15) is 20.8 Å². The number of aliphatic hydroxyl groups is 1. The summed E-state index contributed by atoms with van der Waals surface area (Å²) in [5.41, 5.74) is 0.194. The molecule has 16 heavy (non-hydrogen) atoms. The molecule has 0 amide bonds. The van der Waals surface area contributed by atoms with Crippen molar-refractivity contribution in [3.8, 4) is 0 Å². The maximum Gasteiger partial charge on any atom is 0.0644 e. The number of rotatable bonds is 5. The van der Waals surface area contributed by atoms with Crippen molar-refractivity contribution in [2.75, 3.05) is 40.0 Å². The van der Waals surface area contributed by atoms with E-state index in [0.717, 1.165) is 19.7 Å². The summed E-state index contributed by atoms with van der Waals surface area (Å²) in [5.74, 6) is 0. The Morgan fingerprint density at radius 2 is 2.25 bits per heavy atom. The van der Waals surface area contributed by atoms with Crippen LogP contribution >= 0.6 is 0 Å². The van der Waals surface area contributed by atoms with Crippen molar-refractivity contribution in [1.82, 2.24) is 10.2 Å². The summed E-state index contributed by atoms with van der Waals surface area (Å²) >= 11 is 0. The summed E-state index contributed by atoms with van der Waals surface area (Å²) in [7, 11) is 2.00. The van der Waals surface area contributed by atoms with Crippen molar-refractivity contribution >= 4 is 0 Å². The molecule has 4 nitrogen and oxygen atoms in total. The summed E-state index contributed by atoms with van der Waals surface area (Å²) < 4.78 is 5.39. The Morgan fingerprint density at radius 3 is 2.81 bits per heavy atom. The Balaban J connectivity index is 2.56. The van der Waals surface area contributed by atoms with Crippen molar-refractivity contribution in [2.24, 2.45) is 5.41 Å². The molecule has 2 unspecified atom stereocenters. The molecule has 1 heterocycles. The van der Waals surface area contributed by atoms with Crippen molar-refractivity contribution in [2.45, 2.75) is 32.9 Å². The van der Waals surface area contributed by atoms with E-state index in [9.17, 15) is 5.11 Å². The molecule has 4 heteroatoms. The van der Waals surface area contributed by atoms with E-state index in [1.165, 1.54) is 0 Å². The van der Waals surface area contributed by atoms with E-state index < -0.39 is 0 Å². The molecule has 0 saturated carbocycles. The Bertz CT molecular complexity index is 209. The highest BCUT2D eigenvalue weighted by Crippen LogP contribution is 2.23. The molecule has 1 aliphatic rings. The van der Waals surface area contributed by atoms with Crippen molar-refractivity contribution in [3.63, 3.8) is 0 Å². The first kappa shape index (κ1) is 13.9. The van der Waals surface area contributed by atoms with Crippen molar-refractivity contribution in [3.05, 3.63) is 0 Å². The second-order valence-electron chi connectivity index (χ2n) is 5.38. The molecule has 2 N–H and O–H groups in total. The van der Waals surface area contributed by atoms with Gasteiger partial charge in [0, 0.05) is 19.1 Å². The van der Waals surface area contributed by atoms with Crippen LogP contribution in [0.2, 0.25) is 0 Å². The van der Waals surface area contributed by atoms with Gasteiger partial charge in [0.25, 0.3) is 0 Å². The molecule has 1 rings (SSSR count). The lowest BCUT2D eigenvalue weighted by molar-refractivity contribution is -0.0439. The molecule has 0 bridgehead atoms. The number of hydrogen-bond donors (Lipinski definition) is 2. The largest absolute Gasteiger partial charge is 0.395 e. The molecule has 1 saturated heterocycles. The maximum absolute atomic E-state index is 9.32. The fraction of sp³-hybridized carbons (Fsp3) is 1.00. The van der Waals surface area contributed by atoms with Crippen LogP contribution in [0.5, 0.6) is 0 Å². The Morgan fingerprint density at radius 1 is 1.56 bits per heavy atom. The zero-order chi connectivity index (χ0) is 12.2. The van der Waals surface area contributed by atoms with E-state index in [1.54, 1.807) is 0 Å². The van der Waals surface area contributed by atoms with Gasteiger partial charge in [-0.25, -0.2) is 0 Å². The van der Waals surface area contributed by atoms with Gasteiger partial charge in [-0.05, 0) is 19.4 Å². The van der Waals surface area contributed by atoms with Crippen molar-refractivity contribution < 1.29 is 9.84 Å². The molecule has 2 atom stereocenters. The summed E-state index contributed by atoms with van der Waals surface area (Å²) in [4.78, 5) is 2.34. The number of hydrogen-bond acceptors (Lipinski definition) is 4. The van der Waals surface area contributed by atoms with Gasteiger partial charge in [0.2, 0.25) is 0 Å². The minimum atomic E-state index is 0.164. The molecule has 96 valence electrons. The zero-order valence-electron chi connectivity index (χ0n) is 11.0. The van der Waals surface area contributed by atoms with Gasteiger partial charge in [0.1, 0.15) is 0 Å². The standard InChI is InChI=1S/C12H26N2O2/c1-10(13-4)12(2,3)9-14-5-6-16-8-11(14)7-15/h10-11,13,15H,5-9H2,1-4H3. The summed E-state index contributed by atoms with van der Waals surface area (Å²) in [6.45, 7) is 10.3. The molecular weight excluding hydrogens is 204 g/mol. The quantitative estimate of drug-likeness (QED) is 0.714. The second kappa shape index (κ2) is 5.96. The predicted molar refractivity (Wildman–Crippen MR) is 65.6 cm³/mol. The molecular formula is C12H26N2O2. The first-order valence-electron chi connectivity index (χ1n) is 6.11. The third-order valence-electron chi connectivity index (χ3n) is 3.78. The van der Waals surface area contributed by atoms with E-state index in [4.69, 9.17) is 4.74 Å². The number of nitrogens with zero attached hydrogens (tertiary/aromatic N) is 1. The monoisotopic (exact) mass is 230 g/mol. The Labute approximate surface area is 99.0 Å². The average Bonchev–Trinajstić information content (AvgIpc) is 2.28. The summed E-state index contributed by atoms with van der Waals surface area (Å²) in [6, 6.07) is 0.617. The highest BCUT2D eigenvalue weighted by atomic mass is 16.5. The van der Waals surface area contributed by atoms with Gasteiger partial charge < -0.3 is 15.2 Å². The third-order valence-corrected chi connectivity index (χ3v) is 3.78. The number of morpholine rings is 1. The molecule has 0 radical (unpaired) electrons. The molecule has 0 spiro atoms. The zero-order valence-corrected chi connectivity index (χ0v) is 11.0. The van der Waals surface area contributed by atoms with Crippen molar-refractivity contribution in [1.29, 1.82) is 0 Å². The highest BCUT2D eigenvalue weighted by Gasteiger charge is 2.31. The predicted octanol–water partition coefficient (Wildman–Crippen LogP) is 0.314. The number of nitrogens with one attached hydrogen (secondary N) is 1. The van der Waals surface area contributed by atoms with Crippen LogP contribution in [0.15, 0.2) is 0 Å². The first-order chi connectivity index (χ1) is 7.51. The van der Waals surface area contributed by atoms with Crippen LogP contribution in [0, 0.1) is 5.41 Å². The smallest absolute Gasteiger partial charge is 0.0644 e. The fourth-order valence-electron chi connectivity index (χ4n) is 2.12. The summed E-state index contributed by atoms with van der Waals surface area (Å²) in [6.07, 6.45) is 0. The van der Waals surface area contributed by atoms with Crippen LogP contribution in [-0.4, -0.2) is 62.0 Å². The second-order valence-corrected chi connectivity index (χ2v) is 5.38. The minimum Gasteiger partial charge on any atom is -0.395 e. The number of ether oxygens (including phenoxy) is 1. The summed E-state index contributed by atoms with van der Waals surface area (Å²) in [5, 5.41) is 12.6. The first-order valence-corrected chi connectivity index (χ1v) is 6.11. The third kappa shape index (κ3) is 3.42. The normalized spacial score (nSPS) is 25.7. The van der Waals surface area contributed by atoms with Crippen LogP contribution in [-0.2, 0) is 4.74 Å².